The minimum absolute atomic E-state index is 0.0832. The first-order valence-corrected chi connectivity index (χ1v) is 14.6. The monoisotopic (exact) mass is 575 g/mol. The van der Waals surface area contributed by atoms with Gasteiger partial charge in [-0.3, -0.25) is 19.3 Å². The van der Waals surface area contributed by atoms with E-state index in [1.54, 1.807) is 15.8 Å². The van der Waals surface area contributed by atoms with Gasteiger partial charge in [-0.2, -0.15) is 0 Å². The first kappa shape index (κ1) is 26.0. The maximum atomic E-state index is 14.0. The molecular formula is C30H29N3O7S. The fourth-order valence-electron chi connectivity index (χ4n) is 6.50. The van der Waals surface area contributed by atoms with Crippen LogP contribution in [0.4, 0.5) is 4.79 Å². The molecule has 1 saturated heterocycles. The number of aryl methyl sites for hydroxylation is 1. The van der Waals surface area contributed by atoms with Crippen LogP contribution in [-0.4, -0.2) is 61.5 Å². The average molecular weight is 576 g/mol. The molecule has 3 aliphatic heterocycles. The van der Waals surface area contributed by atoms with E-state index in [0.29, 0.717) is 25.0 Å². The number of benzene rings is 2. The summed E-state index contributed by atoms with van der Waals surface area (Å²) in [5, 5.41) is 2.48. The van der Waals surface area contributed by atoms with Crippen LogP contribution in [0.2, 0.25) is 0 Å². The van der Waals surface area contributed by atoms with E-state index in [9.17, 15) is 14.4 Å². The topological polar surface area (TPSA) is 99.5 Å². The average Bonchev–Trinajstić information content (AvgIpc) is 3.14. The van der Waals surface area contributed by atoms with Crippen LogP contribution < -0.4 is 15.2 Å². The van der Waals surface area contributed by atoms with Crippen molar-refractivity contribution >= 4 is 23.8 Å². The highest BCUT2D eigenvalue weighted by Gasteiger charge is 2.47. The molecule has 3 aromatic rings. The second-order valence-electron chi connectivity index (χ2n) is 10.4. The van der Waals surface area contributed by atoms with Crippen LogP contribution in [0.5, 0.6) is 5.75 Å². The highest BCUT2D eigenvalue weighted by atomic mass is 32.2. The fraction of sp³-hybridized carbons (Fsp3) is 0.367. The lowest BCUT2D eigenvalue weighted by Gasteiger charge is -2.51. The normalized spacial score (nSPS) is 22.5. The summed E-state index contributed by atoms with van der Waals surface area (Å²) in [5.74, 6) is -0.523. The zero-order valence-corrected chi connectivity index (χ0v) is 23.3. The van der Waals surface area contributed by atoms with Crippen molar-refractivity contribution in [3.8, 4) is 5.75 Å². The zero-order chi connectivity index (χ0) is 28.1. The Labute approximate surface area is 240 Å². The van der Waals surface area contributed by atoms with Gasteiger partial charge in [0.1, 0.15) is 6.17 Å². The number of morpholine rings is 1. The van der Waals surface area contributed by atoms with Crippen molar-refractivity contribution in [3.63, 3.8) is 0 Å². The molecule has 4 heterocycles. The van der Waals surface area contributed by atoms with Crippen molar-refractivity contribution < 1.29 is 28.5 Å². The standard InChI is InChI=1S/C30H29N3O7S/c1-37-30(36)40-17-39-28-21(34)12-13-32-27(28)29(35)31-14-15-38-16-24(31)33(32)26-19-8-2-3-10-22(19)41-23-11-5-7-18-6-4-9-20(26)25(18)23/h2-4,6,8-10,12-13,23-24,26H,5,7,11,14-17H2,1H3/t23?,24-,26-/m1/s1. The van der Waals surface area contributed by atoms with Gasteiger partial charge in [0.25, 0.3) is 5.91 Å². The van der Waals surface area contributed by atoms with Crippen LogP contribution >= 0.6 is 11.8 Å². The SMILES string of the molecule is COC(=O)OCOc1c2n(ccc1=O)N([C@@H]1c3ccccc3SC3CCCc4cccc1c43)[C@@H]1COCCN1C2=O. The molecule has 1 aromatic heterocycles. The lowest BCUT2D eigenvalue weighted by atomic mass is 9.83. The van der Waals surface area contributed by atoms with Gasteiger partial charge in [-0.15, -0.1) is 11.8 Å². The lowest BCUT2D eigenvalue weighted by Crippen LogP contribution is -2.66. The van der Waals surface area contributed by atoms with Crippen LogP contribution in [0.1, 0.15) is 56.9 Å². The van der Waals surface area contributed by atoms with E-state index < -0.39 is 24.5 Å². The summed E-state index contributed by atoms with van der Waals surface area (Å²) in [6, 6.07) is 16.1. The Balaban J connectivity index is 1.45. The second-order valence-corrected chi connectivity index (χ2v) is 11.6. The molecule has 3 atom stereocenters. The number of nitrogens with zero attached hydrogens (tertiary/aromatic N) is 3. The van der Waals surface area contributed by atoms with E-state index in [0.717, 1.165) is 24.8 Å². The minimum Gasteiger partial charge on any atom is -0.451 e. The van der Waals surface area contributed by atoms with Gasteiger partial charge in [0.15, 0.2) is 5.69 Å². The van der Waals surface area contributed by atoms with Crippen LogP contribution in [-0.2, 0) is 20.6 Å². The van der Waals surface area contributed by atoms with Gasteiger partial charge in [-0.25, -0.2) is 4.79 Å². The van der Waals surface area contributed by atoms with E-state index in [1.807, 2.05) is 17.8 Å². The molecule has 1 fully saturated rings. The molecule has 212 valence electrons. The fourth-order valence-corrected chi connectivity index (χ4v) is 7.97. The highest BCUT2D eigenvalue weighted by molar-refractivity contribution is 7.99. The summed E-state index contributed by atoms with van der Waals surface area (Å²) in [7, 11) is 1.18. The molecule has 41 heavy (non-hydrogen) atoms. The summed E-state index contributed by atoms with van der Waals surface area (Å²) in [6.45, 7) is 0.479. The van der Waals surface area contributed by atoms with Gasteiger partial charge < -0.3 is 23.8 Å². The molecule has 1 amide bonds. The third kappa shape index (κ3) is 4.26. The summed E-state index contributed by atoms with van der Waals surface area (Å²) in [4.78, 5) is 41.5. The first-order valence-electron chi connectivity index (χ1n) is 13.7. The summed E-state index contributed by atoms with van der Waals surface area (Å²) in [5.41, 5.74) is 4.62. The third-order valence-electron chi connectivity index (χ3n) is 8.21. The van der Waals surface area contributed by atoms with Crippen LogP contribution in [0.25, 0.3) is 0 Å². The molecule has 4 aliphatic rings. The van der Waals surface area contributed by atoms with Crippen LogP contribution in [0, 0.1) is 0 Å². The largest absolute Gasteiger partial charge is 0.510 e. The summed E-state index contributed by atoms with van der Waals surface area (Å²) in [6.07, 6.45) is 3.51. The van der Waals surface area contributed by atoms with E-state index >= 15 is 0 Å². The third-order valence-corrected chi connectivity index (χ3v) is 9.59. The lowest BCUT2D eigenvalue weighted by molar-refractivity contribution is -0.0209. The van der Waals surface area contributed by atoms with E-state index in [2.05, 4.69) is 46.1 Å². The number of carbonyl (C=O) groups is 2. The van der Waals surface area contributed by atoms with Crippen LogP contribution in [0.3, 0.4) is 0 Å². The van der Waals surface area contributed by atoms with Gasteiger partial charge in [-0.05, 0) is 47.6 Å². The Morgan fingerprint density at radius 2 is 1.95 bits per heavy atom. The first-order chi connectivity index (χ1) is 20.1. The molecule has 1 aliphatic carbocycles. The molecule has 1 unspecified atom stereocenters. The Hall–Kier alpha value is -3.96. The van der Waals surface area contributed by atoms with Crippen LogP contribution in [0.15, 0.2) is 64.4 Å². The number of pyridine rings is 1. The predicted molar refractivity (Wildman–Crippen MR) is 150 cm³/mol. The molecule has 0 saturated carbocycles. The number of hydrogen-bond donors (Lipinski definition) is 0. The number of aromatic nitrogens is 1. The van der Waals surface area contributed by atoms with Crippen molar-refractivity contribution in [2.24, 2.45) is 0 Å². The van der Waals surface area contributed by atoms with Gasteiger partial charge >= 0.3 is 6.16 Å². The molecule has 11 heteroatoms. The molecule has 2 aromatic carbocycles. The number of ether oxygens (including phenoxy) is 4. The molecular weight excluding hydrogens is 546 g/mol. The van der Waals surface area contributed by atoms with Gasteiger partial charge in [-0.1, -0.05) is 36.4 Å². The maximum absolute atomic E-state index is 14.0. The second kappa shape index (κ2) is 10.5. The molecule has 10 nitrogen and oxygen atoms in total. The van der Waals surface area contributed by atoms with Crippen molar-refractivity contribution in [1.29, 1.82) is 0 Å². The smallest absolute Gasteiger partial charge is 0.451 e. The van der Waals surface area contributed by atoms with Gasteiger partial charge in [0.05, 0.1) is 26.4 Å². The van der Waals surface area contributed by atoms with E-state index in [4.69, 9.17) is 14.2 Å². The summed E-state index contributed by atoms with van der Waals surface area (Å²) < 4.78 is 22.7. The van der Waals surface area contributed by atoms with Crippen molar-refractivity contribution in [1.82, 2.24) is 9.58 Å². The number of fused-ring (bicyclic) bond motifs is 3. The number of carbonyl (C=O) groups excluding carboxylic acids is 2. The summed E-state index contributed by atoms with van der Waals surface area (Å²) >= 11 is 1.90. The van der Waals surface area contributed by atoms with Crippen molar-refractivity contribution in [2.45, 2.75) is 41.6 Å². The number of thioether (sulfide) groups is 1. The Morgan fingerprint density at radius 3 is 2.83 bits per heavy atom. The quantitative estimate of drug-likeness (QED) is 0.338. The molecule has 0 radical (unpaired) electrons. The van der Waals surface area contributed by atoms with Gasteiger partial charge in [0, 0.05) is 29.0 Å². The highest BCUT2D eigenvalue weighted by Crippen LogP contribution is 2.53. The molecule has 0 bridgehead atoms. The number of amides is 1. The number of methoxy groups -OCH3 is 1. The Morgan fingerprint density at radius 1 is 1.10 bits per heavy atom. The van der Waals surface area contributed by atoms with Crippen molar-refractivity contribution in [2.75, 3.05) is 38.7 Å². The molecule has 7 rings (SSSR count). The molecule has 0 spiro atoms. The minimum atomic E-state index is -0.952. The van der Waals surface area contributed by atoms with E-state index in [-0.39, 0.29) is 23.4 Å². The van der Waals surface area contributed by atoms with E-state index in [1.165, 1.54) is 34.8 Å². The molecule has 0 N–H and O–H groups in total. The van der Waals surface area contributed by atoms with Crippen molar-refractivity contribution in [3.05, 3.63) is 92.9 Å². The number of hydrogen-bond acceptors (Lipinski definition) is 9. The Kier molecular flexibility index (Phi) is 6.63. The number of rotatable bonds is 4. The maximum Gasteiger partial charge on any atom is 0.510 e. The zero-order valence-electron chi connectivity index (χ0n) is 22.5. The van der Waals surface area contributed by atoms with Gasteiger partial charge in [0.2, 0.25) is 18.0 Å². The Bertz CT molecular complexity index is 1590. The predicted octanol–water partition coefficient (Wildman–Crippen LogP) is 3.99.